The second-order valence-electron chi connectivity index (χ2n) is 10.1. The number of sulfonamides is 2. The standard InChI is InChI=1S/C27H33F2N3O5S2/c1-2-38(34,35)31-18-21-13-15-32(19-21)39(36,37)24-10-8-22(9-11-24)25(16-23-17-27(23,28)29)26(33)30-14-12-20-6-4-3-5-7-20/h2-11,21,23,25,31H,1,12-19H2,(H,30,33). The van der Waals surface area contributed by atoms with Gasteiger partial charge in [-0.15, -0.1) is 0 Å². The van der Waals surface area contributed by atoms with Crippen molar-refractivity contribution in [3.63, 3.8) is 0 Å². The van der Waals surface area contributed by atoms with E-state index in [0.717, 1.165) is 11.0 Å². The van der Waals surface area contributed by atoms with Gasteiger partial charge in [-0.2, -0.15) is 4.31 Å². The van der Waals surface area contributed by atoms with E-state index in [2.05, 4.69) is 16.6 Å². The summed E-state index contributed by atoms with van der Waals surface area (Å²) in [6.45, 7) is 4.10. The smallest absolute Gasteiger partial charge is 0.251 e. The molecule has 3 atom stereocenters. The minimum atomic E-state index is -3.85. The highest BCUT2D eigenvalue weighted by Crippen LogP contribution is 2.53. The summed E-state index contributed by atoms with van der Waals surface area (Å²) < 4.78 is 80.7. The molecule has 12 heteroatoms. The zero-order chi connectivity index (χ0) is 28.3. The molecule has 2 fully saturated rings. The normalized spacial score (nSPS) is 21.8. The SMILES string of the molecule is C=CS(=O)(=O)NCC1CCN(S(=O)(=O)c2ccc(C(CC3CC3(F)F)C(=O)NCCc3ccccc3)cc2)C1. The molecule has 2 aliphatic rings. The second-order valence-corrected chi connectivity index (χ2v) is 13.8. The molecule has 1 saturated heterocycles. The number of carbonyl (C=O) groups is 1. The molecule has 0 spiro atoms. The Labute approximate surface area is 228 Å². The summed E-state index contributed by atoms with van der Waals surface area (Å²) >= 11 is 0. The highest BCUT2D eigenvalue weighted by molar-refractivity contribution is 7.92. The van der Waals surface area contributed by atoms with Gasteiger partial charge < -0.3 is 5.32 Å². The van der Waals surface area contributed by atoms with Crippen LogP contribution in [-0.2, 0) is 31.3 Å². The first kappa shape index (κ1) is 29.3. The zero-order valence-corrected chi connectivity index (χ0v) is 23.1. The predicted molar refractivity (Wildman–Crippen MR) is 144 cm³/mol. The maximum atomic E-state index is 13.7. The highest BCUT2D eigenvalue weighted by atomic mass is 32.2. The van der Waals surface area contributed by atoms with Crippen molar-refractivity contribution in [2.75, 3.05) is 26.2 Å². The van der Waals surface area contributed by atoms with Gasteiger partial charge in [0.1, 0.15) is 0 Å². The number of nitrogens with one attached hydrogen (secondary N) is 2. The lowest BCUT2D eigenvalue weighted by Gasteiger charge is -2.19. The van der Waals surface area contributed by atoms with Crippen LogP contribution in [0.15, 0.2) is 71.5 Å². The Bertz CT molecular complexity index is 1380. The first-order valence-corrected chi connectivity index (χ1v) is 15.8. The summed E-state index contributed by atoms with van der Waals surface area (Å²) in [7, 11) is -7.45. The molecule has 1 aliphatic heterocycles. The molecular weight excluding hydrogens is 548 g/mol. The van der Waals surface area contributed by atoms with Crippen molar-refractivity contribution in [3.8, 4) is 0 Å². The Kier molecular flexibility index (Phi) is 8.89. The molecule has 3 unspecified atom stereocenters. The third-order valence-electron chi connectivity index (χ3n) is 7.31. The van der Waals surface area contributed by atoms with Crippen molar-refractivity contribution in [2.45, 2.75) is 42.4 Å². The van der Waals surface area contributed by atoms with Gasteiger partial charge in [0.15, 0.2) is 0 Å². The number of nitrogens with zero attached hydrogens (tertiary/aromatic N) is 1. The molecule has 2 aromatic rings. The molecule has 4 rings (SSSR count). The molecule has 1 heterocycles. The van der Waals surface area contributed by atoms with Crippen molar-refractivity contribution in [3.05, 3.63) is 77.7 Å². The third-order valence-corrected chi connectivity index (χ3v) is 10.2. The lowest BCUT2D eigenvalue weighted by molar-refractivity contribution is -0.122. The summed E-state index contributed by atoms with van der Waals surface area (Å²) in [5.74, 6) is -5.04. The van der Waals surface area contributed by atoms with Crippen LogP contribution in [-0.4, -0.2) is 59.1 Å². The molecule has 1 saturated carbocycles. The van der Waals surface area contributed by atoms with Crippen LogP contribution >= 0.6 is 0 Å². The van der Waals surface area contributed by atoms with Gasteiger partial charge in [0.2, 0.25) is 26.0 Å². The summed E-state index contributed by atoms with van der Waals surface area (Å²) in [5.41, 5.74) is 1.52. The molecule has 0 bridgehead atoms. The lowest BCUT2D eigenvalue weighted by atomic mass is 9.92. The number of hydrogen-bond acceptors (Lipinski definition) is 5. The molecule has 2 N–H and O–H groups in total. The molecule has 0 aromatic heterocycles. The van der Waals surface area contributed by atoms with Crippen molar-refractivity contribution < 1.29 is 30.4 Å². The number of benzene rings is 2. The number of rotatable bonds is 13. The average Bonchev–Trinajstić information content (AvgIpc) is 3.27. The number of halogens is 2. The van der Waals surface area contributed by atoms with Gasteiger partial charge in [-0.1, -0.05) is 49.0 Å². The topological polar surface area (TPSA) is 113 Å². The van der Waals surface area contributed by atoms with Gasteiger partial charge >= 0.3 is 0 Å². The lowest BCUT2D eigenvalue weighted by Crippen LogP contribution is -2.32. The maximum Gasteiger partial charge on any atom is 0.251 e. The first-order valence-electron chi connectivity index (χ1n) is 12.8. The van der Waals surface area contributed by atoms with Gasteiger partial charge in [-0.25, -0.2) is 30.3 Å². The maximum absolute atomic E-state index is 13.7. The van der Waals surface area contributed by atoms with Gasteiger partial charge in [-0.05, 0) is 48.4 Å². The van der Waals surface area contributed by atoms with E-state index in [1.807, 2.05) is 30.3 Å². The van der Waals surface area contributed by atoms with Gasteiger partial charge in [0.05, 0.1) is 10.8 Å². The molecule has 2 aromatic carbocycles. The molecule has 1 aliphatic carbocycles. The summed E-state index contributed by atoms with van der Waals surface area (Å²) in [5, 5.41) is 3.65. The van der Waals surface area contributed by atoms with Gasteiger partial charge in [0.25, 0.3) is 5.92 Å². The molecule has 1 amide bonds. The van der Waals surface area contributed by atoms with E-state index >= 15 is 0 Å². The van der Waals surface area contributed by atoms with Gasteiger partial charge in [0, 0.05) is 43.9 Å². The zero-order valence-electron chi connectivity index (χ0n) is 21.4. The molecule has 39 heavy (non-hydrogen) atoms. The van der Waals surface area contributed by atoms with E-state index in [0.29, 0.717) is 24.9 Å². The number of amides is 1. The second kappa shape index (κ2) is 11.8. The third kappa shape index (κ3) is 7.50. The Balaban J connectivity index is 1.41. The highest BCUT2D eigenvalue weighted by Gasteiger charge is 2.57. The number of hydrogen-bond donors (Lipinski definition) is 2. The monoisotopic (exact) mass is 581 g/mol. The van der Waals surface area contributed by atoms with Crippen LogP contribution in [0, 0.1) is 11.8 Å². The molecule has 212 valence electrons. The van der Waals surface area contributed by atoms with Crippen LogP contribution in [0.2, 0.25) is 0 Å². The minimum absolute atomic E-state index is 0.0231. The van der Waals surface area contributed by atoms with Gasteiger partial charge in [-0.3, -0.25) is 4.79 Å². The predicted octanol–water partition coefficient (Wildman–Crippen LogP) is 3.25. The quantitative estimate of drug-likeness (QED) is 0.377. The van der Waals surface area contributed by atoms with E-state index in [1.54, 1.807) is 0 Å². The van der Waals surface area contributed by atoms with E-state index in [9.17, 15) is 30.4 Å². The van der Waals surface area contributed by atoms with Crippen LogP contribution in [0.5, 0.6) is 0 Å². The fourth-order valence-corrected chi connectivity index (χ4v) is 6.92. The Morgan fingerprint density at radius 1 is 1.10 bits per heavy atom. The van der Waals surface area contributed by atoms with E-state index in [4.69, 9.17) is 0 Å². The summed E-state index contributed by atoms with van der Waals surface area (Å²) in [4.78, 5) is 13.1. The molecule has 8 nitrogen and oxygen atoms in total. The first-order chi connectivity index (χ1) is 18.4. The summed E-state index contributed by atoms with van der Waals surface area (Å²) in [6.07, 6.45) is 0.816. The Hall–Kier alpha value is -2.67. The van der Waals surface area contributed by atoms with Crippen LogP contribution in [0.4, 0.5) is 8.78 Å². The van der Waals surface area contributed by atoms with E-state index in [1.165, 1.54) is 28.6 Å². The fourth-order valence-electron chi connectivity index (χ4n) is 4.80. The number of carbonyl (C=O) groups excluding carboxylic acids is 1. The van der Waals surface area contributed by atoms with Crippen molar-refractivity contribution in [2.24, 2.45) is 11.8 Å². The van der Waals surface area contributed by atoms with Crippen LogP contribution in [0.3, 0.4) is 0 Å². The van der Waals surface area contributed by atoms with Crippen LogP contribution in [0.25, 0.3) is 0 Å². The molecule has 0 radical (unpaired) electrons. The average molecular weight is 582 g/mol. The largest absolute Gasteiger partial charge is 0.355 e. The van der Waals surface area contributed by atoms with Crippen molar-refractivity contribution in [1.29, 1.82) is 0 Å². The number of alkyl halides is 2. The Morgan fingerprint density at radius 2 is 1.77 bits per heavy atom. The van der Waals surface area contributed by atoms with Crippen LogP contribution in [0.1, 0.15) is 36.3 Å². The summed E-state index contributed by atoms with van der Waals surface area (Å²) in [6, 6.07) is 15.4. The van der Waals surface area contributed by atoms with E-state index in [-0.39, 0.29) is 49.2 Å². The Morgan fingerprint density at radius 3 is 2.38 bits per heavy atom. The molecular formula is C27H33F2N3O5S2. The van der Waals surface area contributed by atoms with Crippen molar-refractivity contribution >= 4 is 26.0 Å². The fraction of sp³-hybridized carbons (Fsp3) is 0.444. The van der Waals surface area contributed by atoms with E-state index < -0.39 is 37.8 Å². The minimum Gasteiger partial charge on any atom is -0.355 e. The van der Waals surface area contributed by atoms with Crippen molar-refractivity contribution in [1.82, 2.24) is 14.3 Å². The van der Waals surface area contributed by atoms with Crippen LogP contribution < -0.4 is 10.0 Å².